The summed E-state index contributed by atoms with van der Waals surface area (Å²) >= 11 is 1.47. The van der Waals surface area contributed by atoms with Crippen LogP contribution in [0.3, 0.4) is 0 Å². The number of amides is 3. The molecule has 2 aromatic rings. The van der Waals surface area contributed by atoms with Crippen LogP contribution in [0.4, 0.5) is 10.5 Å². The first-order valence-electron chi connectivity index (χ1n) is 6.51. The van der Waals surface area contributed by atoms with E-state index >= 15 is 0 Å². The summed E-state index contributed by atoms with van der Waals surface area (Å²) in [6, 6.07) is 18.4. The fourth-order valence-electron chi connectivity index (χ4n) is 1.68. The van der Waals surface area contributed by atoms with Crippen molar-refractivity contribution in [3.8, 4) is 0 Å². The molecule has 0 spiro atoms. The van der Waals surface area contributed by atoms with Crippen LogP contribution < -0.4 is 10.6 Å². The van der Waals surface area contributed by atoms with Crippen molar-refractivity contribution in [3.63, 3.8) is 0 Å². The lowest BCUT2D eigenvalue weighted by Gasteiger charge is -2.06. The quantitative estimate of drug-likeness (QED) is 0.891. The third kappa shape index (κ3) is 5.71. The first-order valence-corrected chi connectivity index (χ1v) is 7.67. The number of imide groups is 1. The van der Waals surface area contributed by atoms with E-state index in [-0.39, 0.29) is 11.7 Å². The number of benzene rings is 2. The van der Waals surface area contributed by atoms with Gasteiger partial charge in [-0.25, -0.2) is 4.79 Å². The highest BCUT2D eigenvalue weighted by atomic mass is 32.2. The van der Waals surface area contributed by atoms with E-state index in [1.165, 1.54) is 11.8 Å². The van der Waals surface area contributed by atoms with Gasteiger partial charge in [0.2, 0.25) is 5.91 Å². The highest BCUT2D eigenvalue weighted by molar-refractivity contribution is 7.99. The predicted octanol–water partition coefficient (Wildman–Crippen LogP) is 3.27. The largest absolute Gasteiger partial charge is 0.325 e. The van der Waals surface area contributed by atoms with Crippen LogP contribution in [0.2, 0.25) is 0 Å². The first-order chi connectivity index (χ1) is 10.2. The molecule has 0 bridgehead atoms. The number of urea groups is 1. The van der Waals surface area contributed by atoms with E-state index in [9.17, 15) is 9.59 Å². The minimum absolute atomic E-state index is 0.247. The second-order valence-corrected chi connectivity index (χ2v) is 5.33. The van der Waals surface area contributed by atoms with Gasteiger partial charge < -0.3 is 5.32 Å². The molecule has 2 rings (SSSR count). The highest BCUT2D eigenvalue weighted by Crippen LogP contribution is 2.11. The normalized spacial score (nSPS) is 9.90. The fraction of sp³-hybridized carbons (Fsp3) is 0.125. The van der Waals surface area contributed by atoms with Crippen LogP contribution in [-0.2, 0) is 10.5 Å². The summed E-state index contributed by atoms with van der Waals surface area (Å²) in [6.45, 7) is 0. The Morgan fingerprint density at radius 1 is 0.905 bits per heavy atom. The first kappa shape index (κ1) is 15.1. The Bertz CT molecular complexity index is 588. The zero-order valence-electron chi connectivity index (χ0n) is 11.4. The number of carbonyl (C=O) groups is 2. The molecule has 2 N–H and O–H groups in total. The van der Waals surface area contributed by atoms with Crippen molar-refractivity contribution in [1.82, 2.24) is 5.32 Å². The van der Waals surface area contributed by atoms with E-state index in [1.54, 1.807) is 12.1 Å². The van der Waals surface area contributed by atoms with E-state index in [2.05, 4.69) is 10.6 Å². The Kier molecular flexibility index (Phi) is 5.84. The summed E-state index contributed by atoms with van der Waals surface area (Å²) in [5.74, 6) is 0.690. The van der Waals surface area contributed by atoms with Gasteiger partial charge in [-0.1, -0.05) is 48.5 Å². The number of hydrogen-bond donors (Lipinski definition) is 2. The van der Waals surface area contributed by atoms with E-state index in [1.807, 2.05) is 48.5 Å². The molecule has 0 fully saturated rings. The van der Waals surface area contributed by atoms with E-state index in [0.717, 1.165) is 11.3 Å². The molecule has 0 aliphatic rings. The van der Waals surface area contributed by atoms with E-state index in [4.69, 9.17) is 0 Å². The predicted molar refractivity (Wildman–Crippen MR) is 86.2 cm³/mol. The van der Waals surface area contributed by atoms with Gasteiger partial charge in [-0.2, -0.15) is 0 Å². The Balaban J connectivity index is 1.68. The number of nitrogens with one attached hydrogen (secondary N) is 2. The summed E-state index contributed by atoms with van der Waals surface area (Å²) in [7, 11) is 0. The van der Waals surface area contributed by atoms with Crippen LogP contribution in [0.25, 0.3) is 0 Å². The van der Waals surface area contributed by atoms with Gasteiger partial charge in [0, 0.05) is 11.4 Å². The van der Waals surface area contributed by atoms with E-state index < -0.39 is 6.03 Å². The van der Waals surface area contributed by atoms with Crippen LogP contribution >= 0.6 is 11.8 Å². The van der Waals surface area contributed by atoms with Gasteiger partial charge in [-0.15, -0.1) is 11.8 Å². The van der Waals surface area contributed by atoms with Crippen LogP contribution in [0.1, 0.15) is 5.56 Å². The summed E-state index contributed by atoms with van der Waals surface area (Å²) < 4.78 is 0. The second kappa shape index (κ2) is 8.11. The summed E-state index contributed by atoms with van der Waals surface area (Å²) in [5.41, 5.74) is 1.81. The van der Waals surface area contributed by atoms with Crippen LogP contribution in [0, 0.1) is 0 Å². The van der Waals surface area contributed by atoms with E-state index in [0.29, 0.717) is 5.69 Å². The highest BCUT2D eigenvalue weighted by Gasteiger charge is 2.07. The van der Waals surface area contributed by atoms with Gasteiger partial charge >= 0.3 is 6.03 Å². The van der Waals surface area contributed by atoms with Gasteiger partial charge in [0.1, 0.15) is 0 Å². The third-order valence-corrected chi connectivity index (χ3v) is 3.63. The molecule has 0 saturated heterocycles. The molecule has 5 heteroatoms. The maximum Gasteiger partial charge on any atom is 0.325 e. The number of hydrogen-bond acceptors (Lipinski definition) is 3. The summed E-state index contributed by atoms with van der Waals surface area (Å²) in [5, 5.41) is 4.91. The van der Waals surface area contributed by atoms with Crippen molar-refractivity contribution >= 4 is 29.4 Å². The Hall–Kier alpha value is -2.27. The van der Waals surface area contributed by atoms with Gasteiger partial charge in [0.25, 0.3) is 0 Å². The topological polar surface area (TPSA) is 58.2 Å². The van der Waals surface area contributed by atoms with Crippen LogP contribution in [0.5, 0.6) is 0 Å². The van der Waals surface area contributed by atoms with Crippen molar-refractivity contribution < 1.29 is 9.59 Å². The average molecular weight is 300 g/mol. The molecule has 0 aliphatic carbocycles. The zero-order valence-corrected chi connectivity index (χ0v) is 12.2. The Labute approximate surface area is 127 Å². The third-order valence-electron chi connectivity index (χ3n) is 2.63. The lowest BCUT2D eigenvalue weighted by molar-refractivity contribution is -0.117. The second-order valence-electron chi connectivity index (χ2n) is 4.35. The Morgan fingerprint density at radius 3 is 2.19 bits per heavy atom. The smallest absolute Gasteiger partial charge is 0.308 e. The van der Waals surface area contributed by atoms with Gasteiger partial charge in [-0.3, -0.25) is 10.1 Å². The number of carbonyl (C=O) groups excluding carboxylic acids is 2. The molecule has 4 nitrogen and oxygen atoms in total. The molecule has 108 valence electrons. The number of rotatable bonds is 5. The summed E-state index contributed by atoms with van der Waals surface area (Å²) in [4.78, 5) is 23.2. The van der Waals surface area contributed by atoms with Crippen LogP contribution in [0.15, 0.2) is 60.7 Å². The molecule has 0 saturated carbocycles. The average Bonchev–Trinajstić information content (AvgIpc) is 2.49. The van der Waals surface area contributed by atoms with Crippen molar-refractivity contribution in [3.05, 3.63) is 66.2 Å². The molecule has 0 aliphatic heterocycles. The molecular formula is C16H16N2O2S. The summed E-state index contributed by atoms with van der Waals surface area (Å²) in [6.07, 6.45) is 0. The van der Waals surface area contributed by atoms with Crippen molar-refractivity contribution in [2.24, 2.45) is 0 Å². The maximum absolute atomic E-state index is 11.6. The minimum Gasteiger partial charge on any atom is -0.308 e. The lowest BCUT2D eigenvalue weighted by atomic mass is 10.2. The minimum atomic E-state index is -0.508. The van der Waals surface area contributed by atoms with Crippen molar-refractivity contribution in [1.29, 1.82) is 0 Å². The number of para-hydroxylation sites is 1. The zero-order chi connectivity index (χ0) is 14.9. The van der Waals surface area contributed by atoms with Gasteiger partial charge in [0.15, 0.2) is 0 Å². The monoisotopic (exact) mass is 300 g/mol. The SMILES string of the molecule is O=C(CSCc1ccccc1)NC(=O)Nc1ccccc1. The van der Waals surface area contributed by atoms with Crippen LogP contribution in [-0.4, -0.2) is 17.7 Å². The van der Waals surface area contributed by atoms with Crippen molar-refractivity contribution in [2.75, 3.05) is 11.1 Å². The number of anilines is 1. The van der Waals surface area contributed by atoms with Gasteiger partial charge in [-0.05, 0) is 17.7 Å². The molecular weight excluding hydrogens is 284 g/mol. The standard InChI is InChI=1S/C16H16N2O2S/c19-15(12-21-11-13-7-3-1-4-8-13)18-16(20)17-14-9-5-2-6-10-14/h1-10H,11-12H2,(H2,17,18,19,20). The van der Waals surface area contributed by atoms with Crippen molar-refractivity contribution in [2.45, 2.75) is 5.75 Å². The molecule has 0 aromatic heterocycles. The molecule has 0 heterocycles. The van der Waals surface area contributed by atoms with Gasteiger partial charge in [0.05, 0.1) is 5.75 Å². The molecule has 21 heavy (non-hydrogen) atoms. The molecule has 2 aromatic carbocycles. The lowest BCUT2D eigenvalue weighted by Crippen LogP contribution is -2.35. The molecule has 3 amide bonds. The number of thioether (sulfide) groups is 1. The fourth-order valence-corrected chi connectivity index (χ4v) is 2.47. The molecule has 0 atom stereocenters. The maximum atomic E-state index is 11.6. The molecule has 0 unspecified atom stereocenters. The Morgan fingerprint density at radius 2 is 1.52 bits per heavy atom. The molecule has 0 radical (unpaired) electrons.